The lowest BCUT2D eigenvalue weighted by atomic mass is 10.0. The minimum Gasteiger partial charge on any atom is -0.396 e. The molecule has 1 aliphatic rings. The highest BCUT2D eigenvalue weighted by molar-refractivity contribution is 6.41. The van der Waals surface area contributed by atoms with E-state index < -0.39 is 0 Å². The van der Waals surface area contributed by atoms with Gasteiger partial charge in [-0.1, -0.05) is 23.2 Å². The van der Waals surface area contributed by atoms with Crippen LogP contribution in [0.25, 0.3) is 0 Å². The van der Waals surface area contributed by atoms with Crippen molar-refractivity contribution in [2.24, 2.45) is 13.0 Å². The SMILES string of the molecule is Cn1c(C(=O)N2CC(CO)C2)cc(Cl)c1Cl. The smallest absolute Gasteiger partial charge is 0.270 e. The van der Waals surface area contributed by atoms with Gasteiger partial charge in [0, 0.05) is 32.7 Å². The number of carbonyl (C=O) groups is 1. The van der Waals surface area contributed by atoms with E-state index in [1.165, 1.54) is 0 Å². The van der Waals surface area contributed by atoms with Gasteiger partial charge in [0.05, 0.1) is 5.02 Å². The average Bonchev–Trinajstić information content (AvgIpc) is 2.44. The third kappa shape index (κ3) is 1.81. The number of aliphatic hydroxyl groups is 1. The van der Waals surface area contributed by atoms with Crippen molar-refractivity contribution in [2.75, 3.05) is 19.7 Å². The van der Waals surface area contributed by atoms with Crippen LogP contribution >= 0.6 is 23.2 Å². The van der Waals surface area contributed by atoms with Crippen molar-refractivity contribution in [2.45, 2.75) is 0 Å². The predicted octanol–water partition coefficient (Wildman–Crippen LogP) is 1.40. The normalized spacial score (nSPS) is 16.4. The van der Waals surface area contributed by atoms with Gasteiger partial charge in [-0.3, -0.25) is 4.79 Å². The summed E-state index contributed by atoms with van der Waals surface area (Å²) in [6, 6.07) is 1.57. The minimum absolute atomic E-state index is 0.0963. The summed E-state index contributed by atoms with van der Waals surface area (Å²) >= 11 is 11.7. The Hall–Kier alpha value is -0.710. The van der Waals surface area contributed by atoms with Gasteiger partial charge >= 0.3 is 0 Å². The number of hydrogen-bond acceptors (Lipinski definition) is 2. The molecule has 0 atom stereocenters. The molecule has 0 aromatic carbocycles. The summed E-state index contributed by atoms with van der Waals surface area (Å²) in [6.07, 6.45) is 0. The van der Waals surface area contributed by atoms with Crippen molar-refractivity contribution in [3.05, 3.63) is 21.9 Å². The molecule has 4 nitrogen and oxygen atoms in total. The van der Waals surface area contributed by atoms with Crippen LogP contribution in [0.1, 0.15) is 10.5 Å². The largest absolute Gasteiger partial charge is 0.396 e. The zero-order valence-electron chi connectivity index (χ0n) is 8.78. The zero-order chi connectivity index (χ0) is 11.9. The van der Waals surface area contributed by atoms with Crippen molar-refractivity contribution in [1.29, 1.82) is 0 Å². The third-order valence-corrected chi connectivity index (χ3v) is 3.68. The average molecular weight is 263 g/mol. The first-order valence-corrected chi connectivity index (χ1v) is 5.71. The summed E-state index contributed by atoms with van der Waals surface area (Å²) in [6.45, 7) is 1.31. The van der Waals surface area contributed by atoms with E-state index in [2.05, 4.69) is 0 Å². The quantitative estimate of drug-likeness (QED) is 0.876. The number of nitrogens with zero attached hydrogens (tertiary/aromatic N) is 2. The van der Waals surface area contributed by atoms with Crippen LogP contribution in [-0.4, -0.2) is 40.2 Å². The summed E-state index contributed by atoms with van der Waals surface area (Å²) in [5, 5.41) is 9.62. The fourth-order valence-corrected chi connectivity index (χ4v) is 2.14. The Balaban J connectivity index is 2.13. The van der Waals surface area contributed by atoms with Gasteiger partial charge in [-0.05, 0) is 6.07 Å². The van der Waals surface area contributed by atoms with Gasteiger partial charge in [0.1, 0.15) is 10.8 Å². The van der Waals surface area contributed by atoms with Crippen LogP contribution in [0.2, 0.25) is 10.2 Å². The number of halogens is 2. The molecular formula is C10H12Cl2N2O2. The summed E-state index contributed by atoms with van der Waals surface area (Å²) in [4.78, 5) is 13.7. The second-order valence-electron chi connectivity index (χ2n) is 3.99. The number of hydrogen-bond donors (Lipinski definition) is 1. The predicted molar refractivity (Wildman–Crippen MR) is 61.9 cm³/mol. The van der Waals surface area contributed by atoms with Crippen LogP contribution in [0, 0.1) is 5.92 Å². The van der Waals surface area contributed by atoms with Crippen LogP contribution in [-0.2, 0) is 7.05 Å². The highest BCUT2D eigenvalue weighted by atomic mass is 35.5. The van der Waals surface area contributed by atoms with E-state index in [-0.39, 0.29) is 18.4 Å². The van der Waals surface area contributed by atoms with E-state index in [1.807, 2.05) is 0 Å². The van der Waals surface area contributed by atoms with Crippen LogP contribution in [0.15, 0.2) is 6.07 Å². The molecule has 1 amide bonds. The summed E-state index contributed by atoms with van der Waals surface area (Å²) in [7, 11) is 1.70. The lowest BCUT2D eigenvalue weighted by molar-refractivity contribution is 0.0353. The van der Waals surface area contributed by atoms with Crippen LogP contribution in [0.5, 0.6) is 0 Å². The number of likely N-dealkylation sites (tertiary alicyclic amines) is 1. The van der Waals surface area contributed by atoms with Crippen molar-refractivity contribution in [3.8, 4) is 0 Å². The van der Waals surface area contributed by atoms with Gasteiger partial charge in [-0.2, -0.15) is 0 Å². The van der Waals surface area contributed by atoms with E-state index in [0.29, 0.717) is 29.0 Å². The maximum Gasteiger partial charge on any atom is 0.270 e. The highest BCUT2D eigenvalue weighted by Gasteiger charge is 2.32. The first-order valence-electron chi connectivity index (χ1n) is 4.95. The fraction of sp³-hybridized carbons (Fsp3) is 0.500. The Labute approximate surface area is 103 Å². The summed E-state index contributed by atoms with van der Waals surface area (Å²) in [5.74, 6) is 0.108. The molecule has 1 aromatic rings. The van der Waals surface area contributed by atoms with Crippen LogP contribution < -0.4 is 0 Å². The molecule has 1 aliphatic heterocycles. The molecule has 1 fully saturated rings. The van der Waals surface area contributed by atoms with E-state index in [9.17, 15) is 4.79 Å². The molecule has 1 N–H and O–H groups in total. The van der Waals surface area contributed by atoms with Gasteiger partial charge < -0.3 is 14.6 Å². The van der Waals surface area contributed by atoms with E-state index in [4.69, 9.17) is 28.3 Å². The van der Waals surface area contributed by atoms with Crippen molar-refractivity contribution < 1.29 is 9.90 Å². The monoisotopic (exact) mass is 262 g/mol. The van der Waals surface area contributed by atoms with E-state index in [1.54, 1.807) is 22.6 Å². The van der Waals surface area contributed by atoms with Gasteiger partial charge in [0.25, 0.3) is 5.91 Å². The minimum atomic E-state index is -0.0963. The Morgan fingerprint density at radius 1 is 1.56 bits per heavy atom. The van der Waals surface area contributed by atoms with E-state index >= 15 is 0 Å². The molecule has 2 heterocycles. The second kappa shape index (κ2) is 4.28. The van der Waals surface area contributed by atoms with Gasteiger partial charge in [-0.15, -0.1) is 0 Å². The van der Waals surface area contributed by atoms with Crippen molar-refractivity contribution in [1.82, 2.24) is 9.47 Å². The van der Waals surface area contributed by atoms with Crippen LogP contribution in [0.4, 0.5) is 0 Å². The maximum atomic E-state index is 12.0. The molecule has 1 aromatic heterocycles. The Kier molecular flexibility index (Phi) is 3.15. The first-order chi connectivity index (χ1) is 7.54. The number of aliphatic hydroxyl groups excluding tert-OH is 1. The molecule has 2 rings (SSSR count). The summed E-state index contributed by atoms with van der Waals surface area (Å²) in [5.41, 5.74) is 0.478. The number of amides is 1. The number of carbonyl (C=O) groups excluding carboxylic acids is 1. The number of rotatable bonds is 2. The molecule has 88 valence electrons. The van der Waals surface area contributed by atoms with Gasteiger partial charge in [-0.25, -0.2) is 0 Å². The van der Waals surface area contributed by atoms with Gasteiger partial charge in [0.15, 0.2) is 0 Å². The second-order valence-corrected chi connectivity index (χ2v) is 4.75. The molecule has 0 bridgehead atoms. The summed E-state index contributed by atoms with van der Waals surface area (Å²) < 4.78 is 1.57. The lowest BCUT2D eigenvalue weighted by Crippen LogP contribution is -2.51. The molecule has 0 aliphatic carbocycles. The van der Waals surface area contributed by atoms with E-state index in [0.717, 1.165) is 0 Å². The molecule has 6 heteroatoms. The fourth-order valence-electron chi connectivity index (χ4n) is 1.76. The van der Waals surface area contributed by atoms with Gasteiger partial charge in [0.2, 0.25) is 0 Å². The number of aromatic nitrogens is 1. The first kappa shape index (κ1) is 11.8. The molecule has 0 spiro atoms. The molecular weight excluding hydrogens is 251 g/mol. The third-order valence-electron chi connectivity index (χ3n) is 2.84. The lowest BCUT2D eigenvalue weighted by Gasteiger charge is -2.38. The Bertz CT molecular complexity index is 425. The highest BCUT2D eigenvalue weighted by Crippen LogP contribution is 2.27. The van der Waals surface area contributed by atoms with Crippen LogP contribution in [0.3, 0.4) is 0 Å². The molecule has 16 heavy (non-hydrogen) atoms. The van der Waals surface area contributed by atoms with Crippen molar-refractivity contribution in [3.63, 3.8) is 0 Å². The maximum absolute atomic E-state index is 12.0. The molecule has 1 saturated heterocycles. The molecule has 0 unspecified atom stereocenters. The standard InChI is InChI=1S/C10H12Cl2N2O2/c1-13-8(2-7(11)9(13)12)10(16)14-3-6(4-14)5-15/h2,6,15H,3-5H2,1H3. The Morgan fingerprint density at radius 2 is 2.19 bits per heavy atom. The van der Waals surface area contributed by atoms with Crippen molar-refractivity contribution >= 4 is 29.1 Å². The zero-order valence-corrected chi connectivity index (χ0v) is 10.3. The molecule has 0 radical (unpaired) electrons. The molecule has 0 saturated carbocycles. The topological polar surface area (TPSA) is 45.5 Å². The Morgan fingerprint density at radius 3 is 2.62 bits per heavy atom.